The Labute approximate surface area is 164 Å². The number of nitro groups is 1. The third kappa shape index (κ3) is 4.77. The summed E-state index contributed by atoms with van der Waals surface area (Å²) in [5.74, 6) is -1.09. The Morgan fingerprint density at radius 3 is 2.68 bits per heavy atom. The van der Waals surface area contributed by atoms with Crippen LogP contribution >= 0.6 is 11.3 Å². The molecule has 1 aromatic heterocycles. The van der Waals surface area contributed by atoms with E-state index in [-0.39, 0.29) is 17.7 Å². The topological polar surface area (TPSA) is 114 Å². The number of carbonyl (C=O) groups excluding carboxylic acids is 2. The van der Waals surface area contributed by atoms with Gasteiger partial charge in [0.1, 0.15) is 5.01 Å². The number of hydrogen-bond acceptors (Lipinski definition) is 6. The van der Waals surface area contributed by atoms with Crippen LogP contribution in [0.25, 0.3) is 10.6 Å². The van der Waals surface area contributed by atoms with Gasteiger partial charge in [-0.2, -0.15) is 0 Å². The van der Waals surface area contributed by atoms with Gasteiger partial charge >= 0.3 is 0 Å². The smallest absolute Gasteiger partial charge is 0.270 e. The number of hydrazine groups is 1. The standard InChI is InChI=1S/C19H16N4O4S/c1-12-4-2-6-14(8-12)19-20-15(11-28-19)10-17(24)21-22-18(25)13-5-3-7-16(9-13)23(26)27/h2-9,11H,10H2,1H3,(H,21,24)(H,22,25). The van der Waals surface area contributed by atoms with Crippen LogP contribution in [-0.4, -0.2) is 21.7 Å². The molecule has 0 aliphatic carbocycles. The van der Waals surface area contributed by atoms with Crippen molar-refractivity contribution in [2.45, 2.75) is 13.3 Å². The molecule has 9 heteroatoms. The zero-order valence-corrected chi connectivity index (χ0v) is 15.7. The number of rotatable bonds is 5. The Morgan fingerprint density at radius 1 is 1.14 bits per heavy atom. The fourth-order valence-corrected chi connectivity index (χ4v) is 3.28. The van der Waals surface area contributed by atoms with Crippen LogP contribution in [0.5, 0.6) is 0 Å². The first-order valence-corrected chi connectivity index (χ1v) is 9.15. The molecule has 142 valence electrons. The number of carbonyl (C=O) groups is 2. The molecule has 1 heterocycles. The number of hydrogen-bond donors (Lipinski definition) is 2. The van der Waals surface area contributed by atoms with Gasteiger partial charge in [0.2, 0.25) is 5.91 Å². The lowest BCUT2D eigenvalue weighted by Crippen LogP contribution is -2.42. The van der Waals surface area contributed by atoms with Crippen molar-refractivity contribution in [1.82, 2.24) is 15.8 Å². The molecule has 0 radical (unpaired) electrons. The van der Waals surface area contributed by atoms with E-state index in [9.17, 15) is 19.7 Å². The molecular weight excluding hydrogens is 380 g/mol. The summed E-state index contributed by atoms with van der Waals surface area (Å²) in [6, 6.07) is 13.1. The quantitative estimate of drug-likeness (QED) is 0.508. The molecule has 0 saturated heterocycles. The number of non-ortho nitro benzene ring substituents is 1. The van der Waals surface area contributed by atoms with Crippen LogP contribution in [0, 0.1) is 17.0 Å². The summed E-state index contributed by atoms with van der Waals surface area (Å²) in [6.07, 6.45) is -0.00245. The fraction of sp³-hybridized carbons (Fsp3) is 0.105. The normalized spacial score (nSPS) is 10.3. The van der Waals surface area contributed by atoms with E-state index in [1.54, 1.807) is 5.38 Å². The number of aryl methyl sites for hydroxylation is 1. The lowest BCUT2D eigenvalue weighted by molar-refractivity contribution is -0.384. The predicted octanol–water partition coefficient (Wildman–Crippen LogP) is 3.03. The summed E-state index contributed by atoms with van der Waals surface area (Å²) in [5, 5.41) is 13.4. The van der Waals surface area contributed by atoms with Gasteiger partial charge in [-0.1, -0.05) is 29.8 Å². The largest absolute Gasteiger partial charge is 0.273 e. The third-order valence-electron chi connectivity index (χ3n) is 3.79. The number of amides is 2. The van der Waals surface area contributed by atoms with Gasteiger partial charge in [-0.05, 0) is 19.1 Å². The monoisotopic (exact) mass is 396 g/mol. The molecule has 0 saturated carbocycles. The van der Waals surface area contributed by atoms with E-state index in [2.05, 4.69) is 15.8 Å². The van der Waals surface area contributed by atoms with Crippen molar-refractivity contribution < 1.29 is 14.5 Å². The molecule has 3 aromatic rings. The average molecular weight is 396 g/mol. The van der Waals surface area contributed by atoms with E-state index in [0.29, 0.717) is 5.69 Å². The second-order valence-electron chi connectivity index (χ2n) is 6.00. The van der Waals surface area contributed by atoms with Crippen molar-refractivity contribution in [3.05, 3.63) is 80.8 Å². The van der Waals surface area contributed by atoms with Gasteiger partial charge in [0, 0.05) is 28.6 Å². The molecule has 8 nitrogen and oxygen atoms in total. The number of nitrogens with one attached hydrogen (secondary N) is 2. The van der Waals surface area contributed by atoms with Gasteiger partial charge in [-0.15, -0.1) is 11.3 Å². The molecular formula is C19H16N4O4S. The zero-order valence-electron chi connectivity index (χ0n) is 14.8. The molecule has 0 atom stereocenters. The maximum atomic E-state index is 12.1. The van der Waals surface area contributed by atoms with Crippen molar-refractivity contribution in [3.63, 3.8) is 0 Å². The number of aromatic nitrogens is 1. The van der Waals surface area contributed by atoms with E-state index in [1.165, 1.54) is 29.5 Å². The van der Waals surface area contributed by atoms with Gasteiger partial charge in [0.25, 0.3) is 11.6 Å². The average Bonchev–Trinajstić information content (AvgIpc) is 3.14. The van der Waals surface area contributed by atoms with Crippen molar-refractivity contribution in [1.29, 1.82) is 0 Å². The SMILES string of the molecule is Cc1cccc(-c2nc(CC(=O)NNC(=O)c3cccc([N+](=O)[O-])c3)cs2)c1. The molecule has 0 aliphatic heterocycles. The van der Waals surface area contributed by atoms with Gasteiger partial charge < -0.3 is 0 Å². The number of nitrogens with zero attached hydrogens (tertiary/aromatic N) is 2. The summed E-state index contributed by atoms with van der Waals surface area (Å²) in [6.45, 7) is 2.00. The number of benzene rings is 2. The molecule has 0 fully saturated rings. The van der Waals surface area contributed by atoms with Gasteiger partial charge in [0.15, 0.2) is 0 Å². The lowest BCUT2D eigenvalue weighted by Gasteiger charge is -2.06. The van der Waals surface area contributed by atoms with Crippen molar-refractivity contribution in [3.8, 4) is 10.6 Å². The highest BCUT2D eigenvalue weighted by atomic mass is 32.1. The number of thiazole rings is 1. The maximum absolute atomic E-state index is 12.1. The Bertz CT molecular complexity index is 1050. The van der Waals surface area contributed by atoms with E-state index in [4.69, 9.17) is 0 Å². The van der Waals surface area contributed by atoms with Crippen LogP contribution in [0.15, 0.2) is 53.9 Å². The predicted molar refractivity (Wildman–Crippen MR) is 105 cm³/mol. The van der Waals surface area contributed by atoms with Crippen LogP contribution in [0.3, 0.4) is 0 Å². The Hall–Kier alpha value is -3.59. The van der Waals surface area contributed by atoms with E-state index in [1.807, 2.05) is 31.2 Å². The minimum absolute atomic E-state index is 0.00245. The van der Waals surface area contributed by atoms with Crippen molar-refractivity contribution in [2.75, 3.05) is 0 Å². The highest BCUT2D eigenvalue weighted by molar-refractivity contribution is 7.13. The summed E-state index contributed by atoms with van der Waals surface area (Å²) in [4.78, 5) is 38.7. The molecule has 28 heavy (non-hydrogen) atoms. The van der Waals surface area contributed by atoms with Gasteiger partial charge in [0.05, 0.1) is 17.0 Å². The first-order chi connectivity index (χ1) is 13.4. The first kappa shape index (κ1) is 19.2. The molecule has 0 bridgehead atoms. The Balaban J connectivity index is 1.57. The third-order valence-corrected chi connectivity index (χ3v) is 4.73. The highest BCUT2D eigenvalue weighted by Gasteiger charge is 2.13. The molecule has 2 N–H and O–H groups in total. The Kier molecular flexibility index (Phi) is 5.75. The number of nitro benzene ring substituents is 1. The summed E-state index contributed by atoms with van der Waals surface area (Å²) in [7, 11) is 0. The second kappa shape index (κ2) is 8.40. The van der Waals surface area contributed by atoms with E-state index < -0.39 is 16.7 Å². The molecule has 0 spiro atoms. The fourth-order valence-electron chi connectivity index (χ4n) is 2.47. The van der Waals surface area contributed by atoms with E-state index >= 15 is 0 Å². The first-order valence-electron chi connectivity index (χ1n) is 8.27. The van der Waals surface area contributed by atoms with Crippen LogP contribution < -0.4 is 10.9 Å². The maximum Gasteiger partial charge on any atom is 0.270 e. The summed E-state index contributed by atoms with van der Waals surface area (Å²) >= 11 is 1.44. The molecule has 0 unspecified atom stereocenters. The second-order valence-corrected chi connectivity index (χ2v) is 6.86. The van der Waals surface area contributed by atoms with Crippen molar-refractivity contribution >= 4 is 28.8 Å². The van der Waals surface area contributed by atoms with Crippen LogP contribution in [0.1, 0.15) is 21.6 Å². The van der Waals surface area contributed by atoms with Gasteiger partial charge in [-0.3, -0.25) is 30.6 Å². The van der Waals surface area contributed by atoms with Gasteiger partial charge in [-0.25, -0.2) is 4.98 Å². The molecule has 0 aliphatic rings. The highest BCUT2D eigenvalue weighted by Crippen LogP contribution is 2.24. The Morgan fingerprint density at radius 2 is 1.93 bits per heavy atom. The lowest BCUT2D eigenvalue weighted by atomic mass is 10.1. The molecule has 3 rings (SSSR count). The molecule has 2 aromatic carbocycles. The summed E-state index contributed by atoms with van der Waals surface area (Å²) < 4.78 is 0. The van der Waals surface area contributed by atoms with Crippen LogP contribution in [0.4, 0.5) is 5.69 Å². The summed E-state index contributed by atoms with van der Waals surface area (Å²) in [5.41, 5.74) is 7.10. The molecule has 2 amide bonds. The van der Waals surface area contributed by atoms with E-state index in [0.717, 1.165) is 22.2 Å². The van der Waals surface area contributed by atoms with Crippen molar-refractivity contribution in [2.24, 2.45) is 0 Å². The minimum Gasteiger partial charge on any atom is -0.273 e. The zero-order chi connectivity index (χ0) is 20.1. The van der Waals surface area contributed by atoms with Crippen LogP contribution in [-0.2, 0) is 11.2 Å². The van der Waals surface area contributed by atoms with Crippen LogP contribution in [0.2, 0.25) is 0 Å². The minimum atomic E-state index is -0.643.